The molecule has 3 fully saturated rings. The first-order chi connectivity index (χ1) is 10.3. The van der Waals surface area contributed by atoms with Gasteiger partial charge in [0.2, 0.25) is 0 Å². The van der Waals surface area contributed by atoms with Gasteiger partial charge >= 0.3 is 0 Å². The van der Waals surface area contributed by atoms with Crippen molar-refractivity contribution in [2.45, 2.75) is 79.1 Å². The van der Waals surface area contributed by atoms with Gasteiger partial charge in [-0.1, -0.05) is 39.3 Å². The molecule has 0 spiro atoms. The Morgan fingerprint density at radius 3 is 2.59 bits per heavy atom. The van der Waals surface area contributed by atoms with Crippen molar-refractivity contribution < 1.29 is 4.79 Å². The largest absolute Gasteiger partial charge is 0.299 e. The molecule has 0 aromatic rings. The Morgan fingerprint density at radius 2 is 1.82 bits per heavy atom. The molecule has 1 unspecified atom stereocenters. The molecular weight excluding hydrogens is 268 g/mol. The van der Waals surface area contributed by atoms with Crippen LogP contribution in [0.1, 0.15) is 79.1 Å². The van der Waals surface area contributed by atoms with Gasteiger partial charge in [0.05, 0.1) is 0 Å². The minimum absolute atomic E-state index is 0.0299. The minimum atomic E-state index is -0.0299. The summed E-state index contributed by atoms with van der Waals surface area (Å²) in [5.41, 5.74) is 2.42. The van der Waals surface area contributed by atoms with E-state index < -0.39 is 0 Å². The molecule has 22 heavy (non-hydrogen) atoms. The number of rotatable bonds is 0. The highest BCUT2D eigenvalue weighted by atomic mass is 16.1. The molecule has 122 valence electrons. The molecule has 1 nitrogen and oxygen atoms in total. The highest BCUT2D eigenvalue weighted by molar-refractivity contribution is 5.88. The average Bonchev–Trinajstić information content (AvgIpc) is 2.72. The van der Waals surface area contributed by atoms with Crippen LogP contribution in [0.2, 0.25) is 0 Å². The van der Waals surface area contributed by atoms with Gasteiger partial charge in [0, 0.05) is 11.8 Å². The molecule has 0 aromatic heterocycles. The number of allylic oxidation sites excluding steroid dienone is 2. The molecule has 0 aliphatic heterocycles. The second-order valence-electron chi connectivity index (χ2n) is 9.65. The molecular formula is C21H32O. The fourth-order valence-corrected chi connectivity index (χ4v) is 6.97. The summed E-state index contributed by atoms with van der Waals surface area (Å²) in [6.07, 6.45) is 12.3. The first-order valence-electron chi connectivity index (χ1n) is 9.54. The lowest BCUT2D eigenvalue weighted by molar-refractivity contribution is -0.141. The molecule has 4 rings (SSSR count). The summed E-state index contributed by atoms with van der Waals surface area (Å²) in [6.45, 7) is 9.73. The van der Waals surface area contributed by atoms with E-state index in [1.807, 2.05) is 0 Å². The Balaban J connectivity index is 1.75. The molecule has 4 aliphatic carbocycles. The summed E-state index contributed by atoms with van der Waals surface area (Å²) in [4.78, 5) is 12.6. The molecule has 0 bridgehead atoms. The van der Waals surface area contributed by atoms with E-state index in [0.29, 0.717) is 11.2 Å². The normalized spacial score (nSPS) is 54.3. The second kappa shape index (κ2) is 4.48. The molecule has 0 aromatic carbocycles. The summed E-state index contributed by atoms with van der Waals surface area (Å²) in [7, 11) is 0. The summed E-state index contributed by atoms with van der Waals surface area (Å²) in [6, 6.07) is 0. The quantitative estimate of drug-likeness (QED) is 0.536. The topological polar surface area (TPSA) is 17.1 Å². The first-order valence-corrected chi connectivity index (χ1v) is 9.54. The number of fused-ring (bicyclic) bond motifs is 5. The van der Waals surface area contributed by atoms with Crippen LogP contribution in [0.4, 0.5) is 0 Å². The SMILES string of the molecule is C[C@H]1CC[C@@]2(C)C(=CC[C@@H]3[C@@H]2CCC2(C)C(=O)CC[C@@]32C)C1. The van der Waals surface area contributed by atoms with Crippen LogP contribution in [0.3, 0.4) is 0 Å². The predicted molar refractivity (Wildman–Crippen MR) is 90.5 cm³/mol. The zero-order chi connectivity index (χ0) is 15.8. The fourth-order valence-electron chi connectivity index (χ4n) is 6.97. The summed E-state index contributed by atoms with van der Waals surface area (Å²) in [5.74, 6) is 2.99. The van der Waals surface area contributed by atoms with Crippen LogP contribution in [-0.4, -0.2) is 5.78 Å². The van der Waals surface area contributed by atoms with E-state index in [9.17, 15) is 4.79 Å². The van der Waals surface area contributed by atoms with E-state index in [1.165, 1.54) is 32.1 Å². The van der Waals surface area contributed by atoms with Gasteiger partial charge in [-0.2, -0.15) is 0 Å². The zero-order valence-electron chi connectivity index (χ0n) is 14.9. The molecule has 0 heterocycles. The van der Waals surface area contributed by atoms with Crippen LogP contribution < -0.4 is 0 Å². The summed E-state index contributed by atoms with van der Waals surface area (Å²) < 4.78 is 0. The van der Waals surface area contributed by atoms with Crippen molar-refractivity contribution in [2.24, 2.45) is 34.0 Å². The number of hydrogen-bond donors (Lipinski definition) is 0. The molecule has 0 N–H and O–H groups in total. The van der Waals surface area contributed by atoms with Crippen LogP contribution in [0.15, 0.2) is 11.6 Å². The maximum absolute atomic E-state index is 12.6. The Labute approximate surface area is 135 Å². The van der Waals surface area contributed by atoms with Crippen molar-refractivity contribution in [3.8, 4) is 0 Å². The highest BCUT2D eigenvalue weighted by Crippen LogP contribution is 2.69. The maximum atomic E-state index is 12.6. The third kappa shape index (κ3) is 1.64. The Morgan fingerprint density at radius 1 is 1.05 bits per heavy atom. The second-order valence-corrected chi connectivity index (χ2v) is 9.65. The Kier molecular flexibility index (Phi) is 3.05. The molecule has 0 amide bonds. The lowest BCUT2D eigenvalue weighted by Crippen LogP contribution is -2.55. The zero-order valence-corrected chi connectivity index (χ0v) is 14.9. The minimum Gasteiger partial charge on any atom is -0.299 e. The lowest BCUT2D eigenvalue weighted by atomic mass is 9.43. The van der Waals surface area contributed by atoms with Crippen molar-refractivity contribution >= 4 is 5.78 Å². The lowest BCUT2D eigenvalue weighted by Gasteiger charge is -2.61. The van der Waals surface area contributed by atoms with Crippen molar-refractivity contribution in [2.75, 3.05) is 0 Å². The van der Waals surface area contributed by atoms with Crippen LogP contribution in [0.25, 0.3) is 0 Å². The average molecular weight is 300 g/mol. The van der Waals surface area contributed by atoms with Gasteiger partial charge in [0.1, 0.15) is 5.78 Å². The summed E-state index contributed by atoms with van der Waals surface area (Å²) in [5, 5.41) is 0. The van der Waals surface area contributed by atoms with Crippen LogP contribution in [-0.2, 0) is 4.79 Å². The van der Waals surface area contributed by atoms with Gasteiger partial charge in [0.15, 0.2) is 0 Å². The maximum Gasteiger partial charge on any atom is 0.139 e. The van der Waals surface area contributed by atoms with Crippen LogP contribution in [0, 0.1) is 34.0 Å². The van der Waals surface area contributed by atoms with Crippen molar-refractivity contribution in [1.29, 1.82) is 0 Å². The van der Waals surface area contributed by atoms with Gasteiger partial charge < -0.3 is 0 Å². The van der Waals surface area contributed by atoms with E-state index in [0.717, 1.165) is 37.0 Å². The van der Waals surface area contributed by atoms with E-state index in [4.69, 9.17) is 0 Å². The smallest absolute Gasteiger partial charge is 0.139 e. The van der Waals surface area contributed by atoms with E-state index >= 15 is 0 Å². The number of hydrogen-bond acceptors (Lipinski definition) is 1. The monoisotopic (exact) mass is 300 g/mol. The van der Waals surface area contributed by atoms with Crippen molar-refractivity contribution in [3.63, 3.8) is 0 Å². The Bertz CT molecular complexity index is 546. The standard InChI is InChI=1S/C21H32O/c1-14-7-10-19(2)15(13-14)5-6-17-16(19)8-11-21(4)18(22)9-12-20(17,21)3/h5,14,16-17H,6-13H2,1-4H3/t14-,16-,17+,19-,20-,21?/m0/s1. The third-order valence-electron chi connectivity index (χ3n) is 8.90. The van der Waals surface area contributed by atoms with Gasteiger partial charge in [-0.05, 0) is 73.5 Å². The summed E-state index contributed by atoms with van der Waals surface area (Å²) >= 11 is 0. The Hall–Kier alpha value is -0.590. The van der Waals surface area contributed by atoms with E-state index in [2.05, 4.69) is 33.8 Å². The number of ketones is 1. The fraction of sp³-hybridized carbons (Fsp3) is 0.857. The van der Waals surface area contributed by atoms with Gasteiger partial charge in [-0.3, -0.25) is 4.79 Å². The molecule has 3 saturated carbocycles. The number of Topliss-reactive ketones (excluding diaryl/α,β-unsaturated/α-hetero) is 1. The van der Waals surface area contributed by atoms with Gasteiger partial charge in [-0.25, -0.2) is 0 Å². The highest BCUT2D eigenvalue weighted by Gasteiger charge is 2.64. The predicted octanol–water partition coefficient (Wildman–Crippen LogP) is 5.54. The number of carbonyl (C=O) groups is 1. The first kappa shape index (κ1) is 15.0. The molecule has 4 aliphatic rings. The van der Waals surface area contributed by atoms with Crippen LogP contribution >= 0.6 is 0 Å². The molecule has 0 radical (unpaired) electrons. The van der Waals surface area contributed by atoms with E-state index in [1.54, 1.807) is 5.57 Å². The van der Waals surface area contributed by atoms with Gasteiger partial charge in [-0.15, -0.1) is 0 Å². The van der Waals surface area contributed by atoms with Crippen molar-refractivity contribution in [1.82, 2.24) is 0 Å². The van der Waals surface area contributed by atoms with Crippen LogP contribution in [0.5, 0.6) is 0 Å². The van der Waals surface area contributed by atoms with Gasteiger partial charge in [0.25, 0.3) is 0 Å². The molecule has 0 saturated heterocycles. The third-order valence-corrected chi connectivity index (χ3v) is 8.90. The molecule has 1 heteroatoms. The van der Waals surface area contributed by atoms with Crippen molar-refractivity contribution in [3.05, 3.63) is 11.6 Å². The van der Waals surface area contributed by atoms with E-state index in [-0.39, 0.29) is 10.8 Å². The number of carbonyl (C=O) groups excluding carboxylic acids is 1. The molecule has 6 atom stereocenters.